The first-order valence-corrected chi connectivity index (χ1v) is 6.98. The van der Waals surface area contributed by atoms with Crippen molar-refractivity contribution in [3.8, 4) is 0 Å². The van der Waals surface area contributed by atoms with Crippen molar-refractivity contribution in [1.82, 2.24) is 9.97 Å². The number of thiazole rings is 1. The summed E-state index contributed by atoms with van der Waals surface area (Å²) in [6.07, 6.45) is 1.50. The van der Waals surface area contributed by atoms with Gasteiger partial charge < -0.3 is 5.43 Å². The van der Waals surface area contributed by atoms with Crippen molar-refractivity contribution in [2.24, 2.45) is 5.84 Å². The number of nitrogens with two attached hydrogens (primary N) is 1. The number of amides is 1. The highest BCUT2D eigenvalue weighted by molar-refractivity contribution is 7.14. The largest absolute Gasteiger partial charge is 0.323 e. The lowest BCUT2D eigenvalue weighted by molar-refractivity contribution is 0.102. The number of nitrogens with zero attached hydrogens (tertiary/aromatic N) is 2. The third-order valence-electron chi connectivity index (χ3n) is 2.66. The van der Waals surface area contributed by atoms with E-state index in [4.69, 9.17) is 5.84 Å². The Morgan fingerprint density at radius 3 is 2.60 bits per heavy atom. The van der Waals surface area contributed by atoms with Crippen molar-refractivity contribution < 1.29 is 4.79 Å². The van der Waals surface area contributed by atoms with E-state index in [2.05, 4.69) is 41.5 Å². The third kappa shape index (κ3) is 3.31. The van der Waals surface area contributed by atoms with E-state index in [0.717, 1.165) is 5.69 Å². The van der Waals surface area contributed by atoms with Crippen LogP contribution in [0.3, 0.4) is 0 Å². The zero-order valence-electron chi connectivity index (χ0n) is 11.6. The van der Waals surface area contributed by atoms with Crippen LogP contribution in [-0.2, 0) is 5.41 Å². The van der Waals surface area contributed by atoms with Crippen molar-refractivity contribution >= 4 is 28.1 Å². The Balaban J connectivity index is 2.09. The lowest BCUT2D eigenvalue weighted by atomic mass is 9.93. The number of nitrogens with one attached hydrogen (secondary N) is 2. The summed E-state index contributed by atoms with van der Waals surface area (Å²) < 4.78 is 0. The highest BCUT2D eigenvalue weighted by Gasteiger charge is 2.18. The summed E-state index contributed by atoms with van der Waals surface area (Å²) in [4.78, 5) is 20.4. The van der Waals surface area contributed by atoms with Gasteiger partial charge in [0.1, 0.15) is 5.69 Å². The van der Waals surface area contributed by atoms with Gasteiger partial charge in [0.15, 0.2) is 5.13 Å². The molecule has 2 heterocycles. The number of hydrazine groups is 1. The number of anilines is 2. The van der Waals surface area contributed by atoms with Gasteiger partial charge in [0.2, 0.25) is 0 Å². The predicted molar refractivity (Wildman–Crippen MR) is 80.8 cm³/mol. The molecule has 0 saturated carbocycles. The fourth-order valence-corrected chi connectivity index (χ4v) is 2.38. The van der Waals surface area contributed by atoms with Crippen LogP contribution in [-0.4, -0.2) is 15.9 Å². The summed E-state index contributed by atoms with van der Waals surface area (Å²) in [7, 11) is 0. The minimum absolute atomic E-state index is 0.0355. The van der Waals surface area contributed by atoms with Crippen LogP contribution in [0.4, 0.5) is 10.8 Å². The molecule has 2 rings (SSSR count). The number of nitrogen functional groups attached to an aromatic ring is 1. The molecule has 0 unspecified atom stereocenters. The van der Waals surface area contributed by atoms with Gasteiger partial charge in [0.05, 0.1) is 17.6 Å². The van der Waals surface area contributed by atoms with E-state index in [0.29, 0.717) is 16.5 Å². The molecule has 0 saturated heterocycles. The Bertz CT molecular complexity index is 600. The van der Waals surface area contributed by atoms with Crippen LogP contribution >= 0.6 is 11.3 Å². The smallest absolute Gasteiger partial charge is 0.276 e. The molecular formula is C13H17N5OS. The van der Waals surface area contributed by atoms with Gasteiger partial charge in [-0.05, 0) is 12.1 Å². The summed E-state index contributed by atoms with van der Waals surface area (Å²) in [6.45, 7) is 6.23. The zero-order chi connectivity index (χ0) is 14.8. The molecule has 106 valence electrons. The summed E-state index contributed by atoms with van der Waals surface area (Å²) >= 11 is 1.40. The number of carbonyl (C=O) groups is 1. The number of carbonyl (C=O) groups excluding carboxylic acids is 1. The van der Waals surface area contributed by atoms with E-state index >= 15 is 0 Å². The Hall–Kier alpha value is -1.99. The standard InChI is InChI=1S/C13H17N5OS/c1-13(2,3)10-7-20-12(16-10)17-11(19)9-5-4-8(18-14)6-15-9/h4-7,18H,14H2,1-3H3,(H,16,17,19). The summed E-state index contributed by atoms with van der Waals surface area (Å²) in [5.41, 5.74) is 4.34. The third-order valence-corrected chi connectivity index (χ3v) is 3.41. The van der Waals surface area contributed by atoms with Crippen LogP contribution in [0.5, 0.6) is 0 Å². The Morgan fingerprint density at radius 2 is 2.10 bits per heavy atom. The first-order valence-electron chi connectivity index (χ1n) is 6.10. The molecule has 6 nitrogen and oxygen atoms in total. The molecule has 0 spiro atoms. The van der Waals surface area contributed by atoms with E-state index in [1.807, 2.05) is 5.38 Å². The average Bonchev–Trinajstić information content (AvgIpc) is 2.87. The Labute approximate surface area is 121 Å². The lowest BCUT2D eigenvalue weighted by Crippen LogP contribution is -2.15. The summed E-state index contributed by atoms with van der Waals surface area (Å²) in [5.74, 6) is 4.96. The molecule has 0 aromatic carbocycles. The molecule has 7 heteroatoms. The van der Waals surface area contributed by atoms with Gasteiger partial charge >= 0.3 is 0 Å². The molecule has 4 N–H and O–H groups in total. The molecule has 2 aromatic rings. The number of pyridine rings is 1. The van der Waals surface area contributed by atoms with Gasteiger partial charge in [-0.3, -0.25) is 16.0 Å². The van der Waals surface area contributed by atoms with Crippen LogP contribution in [0, 0.1) is 0 Å². The van der Waals surface area contributed by atoms with E-state index < -0.39 is 0 Å². The average molecular weight is 291 g/mol. The Morgan fingerprint density at radius 1 is 1.35 bits per heavy atom. The second-order valence-corrected chi connectivity index (χ2v) is 6.18. The predicted octanol–water partition coefficient (Wildman–Crippen LogP) is 2.37. The molecule has 0 atom stereocenters. The van der Waals surface area contributed by atoms with Crippen LogP contribution in [0.2, 0.25) is 0 Å². The van der Waals surface area contributed by atoms with Gasteiger partial charge in [0.25, 0.3) is 5.91 Å². The van der Waals surface area contributed by atoms with E-state index in [9.17, 15) is 4.79 Å². The van der Waals surface area contributed by atoms with Gasteiger partial charge in [-0.1, -0.05) is 20.8 Å². The lowest BCUT2D eigenvalue weighted by Gasteiger charge is -2.14. The highest BCUT2D eigenvalue weighted by Crippen LogP contribution is 2.26. The number of hydrogen-bond donors (Lipinski definition) is 3. The van der Waals surface area contributed by atoms with Crippen LogP contribution < -0.4 is 16.6 Å². The normalized spacial score (nSPS) is 11.2. The fraction of sp³-hybridized carbons (Fsp3) is 0.308. The van der Waals surface area contributed by atoms with Gasteiger partial charge in [0, 0.05) is 10.8 Å². The van der Waals surface area contributed by atoms with Crippen molar-refractivity contribution in [2.45, 2.75) is 26.2 Å². The second-order valence-electron chi connectivity index (χ2n) is 5.32. The van der Waals surface area contributed by atoms with Crippen molar-refractivity contribution in [3.05, 3.63) is 35.1 Å². The molecule has 0 aliphatic heterocycles. The molecule has 0 aliphatic carbocycles. The molecule has 1 amide bonds. The van der Waals surface area contributed by atoms with Gasteiger partial charge in [-0.15, -0.1) is 11.3 Å². The second kappa shape index (κ2) is 5.56. The Kier molecular flexibility index (Phi) is 4.01. The molecule has 0 aliphatic rings. The number of aromatic nitrogens is 2. The molecule has 0 fully saturated rings. The molecule has 2 aromatic heterocycles. The van der Waals surface area contributed by atoms with Crippen molar-refractivity contribution in [1.29, 1.82) is 0 Å². The van der Waals surface area contributed by atoms with Gasteiger partial charge in [-0.25, -0.2) is 9.97 Å². The maximum atomic E-state index is 12.0. The van der Waals surface area contributed by atoms with Crippen molar-refractivity contribution in [2.75, 3.05) is 10.7 Å². The van der Waals surface area contributed by atoms with Gasteiger partial charge in [-0.2, -0.15) is 0 Å². The molecule has 0 bridgehead atoms. The van der Waals surface area contributed by atoms with E-state index in [1.165, 1.54) is 17.5 Å². The SMILES string of the molecule is CC(C)(C)c1csc(NC(=O)c2ccc(NN)cn2)n1. The monoisotopic (exact) mass is 291 g/mol. The first-order chi connectivity index (χ1) is 9.40. The molecular weight excluding hydrogens is 274 g/mol. The fourth-order valence-electron chi connectivity index (χ4n) is 1.45. The topological polar surface area (TPSA) is 92.9 Å². The number of rotatable bonds is 3. The van der Waals surface area contributed by atoms with Crippen LogP contribution in [0.25, 0.3) is 0 Å². The molecule has 20 heavy (non-hydrogen) atoms. The minimum Gasteiger partial charge on any atom is -0.323 e. The van der Waals surface area contributed by atoms with E-state index in [1.54, 1.807) is 12.1 Å². The number of hydrogen-bond acceptors (Lipinski definition) is 6. The van der Waals surface area contributed by atoms with Crippen LogP contribution in [0.15, 0.2) is 23.7 Å². The summed E-state index contributed by atoms with van der Waals surface area (Å²) in [6, 6.07) is 3.28. The summed E-state index contributed by atoms with van der Waals surface area (Å²) in [5, 5.41) is 5.26. The van der Waals surface area contributed by atoms with E-state index in [-0.39, 0.29) is 11.3 Å². The quantitative estimate of drug-likeness (QED) is 0.596. The van der Waals surface area contributed by atoms with Crippen molar-refractivity contribution in [3.63, 3.8) is 0 Å². The van der Waals surface area contributed by atoms with Crippen LogP contribution in [0.1, 0.15) is 37.0 Å². The zero-order valence-corrected chi connectivity index (χ0v) is 12.4. The first kappa shape index (κ1) is 14.4. The maximum Gasteiger partial charge on any atom is 0.276 e. The maximum absolute atomic E-state index is 12.0. The minimum atomic E-state index is -0.289. The molecule has 0 radical (unpaired) electrons. The highest BCUT2D eigenvalue weighted by atomic mass is 32.1.